The third-order valence-electron chi connectivity index (χ3n) is 3.44. The molecule has 0 radical (unpaired) electrons. The van der Waals surface area contributed by atoms with Crippen LogP contribution in [0.2, 0.25) is 0 Å². The lowest BCUT2D eigenvalue weighted by molar-refractivity contribution is -0.0140. The summed E-state index contributed by atoms with van der Waals surface area (Å²) in [6, 6.07) is 10.4. The molecule has 0 aromatic heterocycles. The fourth-order valence-corrected chi connectivity index (χ4v) is 2.44. The molecule has 0 saturated carbocycles. The first-order valence-electron chi connectivity index (χ1n) is 6.23. The average molecular weight is 235 g/mol. The van der Waals surface area contributed by atoms with Gasteiger partial charge < -0.3 is 9.84 Å². The van der Waals surface area contributed by atoms with Crippen molar-refractivity contribution in [3.05, 3.63) is 35.9 Å². The third-order valence-corrected chi connectivity index (χ3v) is 3.44. The van der Waals surface area contributed by atoms with E-state index < -0.39 is 0 Å². The maximum atomic E-state index is 10.0. The van der Waals surface area contributed by atoms with Crippen LogP contribution in [0.1, 0.15) is 12.0 Å². The van der Waals surface area contributed by atoms with Gasteiger partial charge in [0, 0.05) is 26.1 Å². The number of hydrogen-bond donors (Lipinski definition) is 1. The van der Waals surface area contributed by atoms with Crippen LogP contribution < -0.4 is 0 Å². The van der Waals surface area contributed by atoms with Gasteiger partial charge >= 0.3 is 0 Å². The summed E-state index contributed by atoms with van der Waals surface area (Å²) in [6.45, 7) is 3.39. The first-order valence-corrected chi connectivity index (χ1v) is 6.23. The van der Waals surface area contributed by atoms with E-state index in [0.29, 0.717) is 12.5 Å². The zero-order chi connectivity index (χ0) is 12.1. The van der Waals surface area contributed by atoms with Crippen LogP contribution in [0.15, 0.2) is 30.3 Å². The summed E-state index contributed by atoms with van der Waals surface area (Å²) in [5, 5.41) is 10.0. The molecule has 1 N–H and O–H groups in total. The van der Waals surface area contributed by atoms with Gasteiger partial charge in [-0.25, -0.2) is 0 Å². The van der Waals surface area contributed by atoms with E-state index in [4.69, 9.17) is 4.74 Å². The SMILES string of the molecule is COCC1CCN(Cc2ccccc2)CC1O. The minimum atomic E-state index is -0.257. The Labute approximate surface area is 103 Å². The molecular weight excluding hydrogens is 214 g/mol. The van der Waals surface area contributed by atoms with Gasteiger partial charge in [-0.2, -0.15) is 0 Å². The summed E-state index contributed by atoms with van der Waals surface area (Å²) in [6.07, 6.45) is 0.759. The van der Waals surface area contributed by atoms with E-state index in [-0.39, 0.29) is 6.10 Å². The van der Waals surface area contributed by atoms with Crippen molar-refractivity contribution in [2.45, 2.75) is 19.1 Å². The molecule has 1 aromatic carbocycles. The van der Waals surface area contributed by atoms with Crippen LogP contribution in [0.25, 0.3) is 0 Å². The molecule has 0 bridgehead atoms. The number of β-amino-alcohol motifs (C(OH)–C–C–N with tert-alkyl or cyclic N) is 1. The Morgan fingerprint density at radius 2 is 2.12 bits per heavy atom. The number of nitrogens with zero attached hydrogens (tertiary/aromatic N) is 1. The zero-order valence-electron chi connectivity index (χ0n) is 10.4. The highest BCUT2D eigenvalue weighted by atomic mass is 16.5. The Balaban J connectivity index is 1.85. The lowest BCUT2D eigenvalue weighted by Crippen LogP contribution is -2.44. The molecule has 1 saturated heterocycles. The summed E-state index contributed by atoms with van der Waals surface area (Å²) in [7, 11) is 1.70. The highest BCUT2D eigenvalue weighted by Crippen LogP contribution is 2.19. The van der Waals surface area contributed by atoms with Crippen molar-refractivity contribution in [3.8, 4) is 0 Å². The van der Waals surface area contributed by atoms with E-state index in [2.05, 4.69) is 29.2 Å². The van der Waals surface area contributed by atoms with Crippen molar-refractivity contribution in [1.29, 1.82) is 0 Å². The molecule has 0 aliphatic carbocycles. The van der Waals surface area contributed by atoms with E-state index in [1.54, 1.807) is 7.11 Å². The number of piperidine rings is 1. The van der Waals surface area contributed by atoms with Gasteiger partial charge in [-0.15, -0.1) is 0 Å². The first-order chi connectivity index (χ1) is 8.29. The summed E-state index contributed by atoms with van der Waals surface area (Å²) >= 11 is 0. The topological polar surface area (TPSA) is 32.7 Å². The second-order valence-corrected chi connectivity index (χ2v) is 4.79. The Kier molecular flexibility index (Phi) is 4.54. The van der Waals surface area contributed by atoms with E-state index in [0.717, 1.165) is 26.1 Å². The van der Waals surface area contributed by atoms with Crippen molar-refractivity contribution in [2.75, 3.05) is 26.8 Å². The first kappa shape index (κ1) is 12.6. The lowest BCUT2D eigenvalue weighted by Gasteiger charge is -2.35. The molecule has 1 heterocycles. The number of rotatable bonds is 4. The van der Waals surface area contributed by atoms with E-state index in [1.807, 2.05) is 6.07 Å². The normalized spacial score (nSPS) is 26.0. The molecule has 17 heavy (non-hydrogen) atoms. The Morgan fingerprint density at radius 1 is 1.35 bits per heavy atom. The van der Waals surface area contributed by atoms with Gasteiger partial charge in [0.1, 0.15) is 0 Å². The maximum Gasteiger partial charge on any atom is 0.0717 e. The number of ether oxygens (including phenoxy) is 1. The summed E-state index contributed by atoms with van der Waals surface area (Å²) < 4.78 is 5.13. The lowest BCUT2D eigenvalue weighted by atomic mass is 9.94. The van der Waals surface area contributed by atoms with E-state index in [9.17, 15) is 5.11 Å². The van der Waals surface area contributed by atoms with Crippen LogP contribution in [0.4, 0.5) is 0 Å². The monoisotopic (exact) mass is 235 g/mol. The quantitative estimate of drug-likeness (QED) is 0.859. The van der Waals surface area contributed by atoms with Gasteiger partial charge in [-0.3, -0.25) is 4.90 Å². The van der Waals surface area contributed by atoms with Gasteiger partial charge in [0.15, 0.2) is 0 Å². The van der Waals surface area contributed by atoms with Gasteiger partial charge in [-0.05, 0) is 18.5 Å². The number of likely N-dealkylation sites (tertiary alicyclic amines) is 1. The molecule has 3 heteroatoms. The van der Waals surface area contributed by atoms with Crippen molar-refractivity contribution < 1.29 is 9.84 Å². The largest absolute Gasteiger partial charge is 0.391 e. The van der Waals surface area contributed by atoms with Gasteiger partial charge in [0.2, 0.25) is 0 Å². The smallest absolute Gasteiger partial charge is 0.0717 e. The molecule has 2 rings (SSSR count). The van der Waals surface area contributed by atoms with Crippen LogP contribution in [-0.4, -0.2) is 42.9 Å². The molecule has 0 spiro atoms. The predicted octanol–water partition coefficient (Wildman–Crippen LogP) is 1.52. The van der Waals surface area contributed by atoms with Crippen LogP contribution >= 0.6 is 0 Å². The molecule has 94 valence electrons. The summed E-state index contributed by atoms with van der Waals surface area (Å²) in [5.41, 5.74) is 1.31. The maximum absolute atomic E-state index is 10.0. The molecule has 0 amide bonds. The highest BCUT2D eigenvalue weighted by Gasteiger charge is 2.27. The Morgan fingerprint density at radius 3 is 2.76 bits per heavy atom. The van der Waals surface area contributed by atoms with Crippen LogP contribution in [0.5, 0.6) is 0 Å². The minimum absolute atomic E-state index is 0.257. The zero-order valence-corrected chi connectivity index (χ0v) is 10.4. The number of aliphatic hydroxyl groups is 1. The molecule has 3 nitrogen and oxygen atoms in total. The number of aliphatic hydroxyl groups excluding tert-OH is 1. The predicted molar refractivity (Wildman–Crippen MR) is 67.7 cm³/mol. The molecular formula is C14H21NO2. The summed E-state index contributed by atoms with van der Waals surface area (Å²) in [5.74, 6) is 0.298. The van der Waals surface area contributed by atoms with E-state index in [1.165, 1.54) is 5.56 Å². The number of hydrogen-bond acceptors (Lipinski definition) is 3. The molecule has 1 fully saturated rings. The Hall–Kier alpha value is -0.900. The van der Waals surface area contributed by atoms with E-state index >= 15 is 0 Å². The number of methoxy groups -OCH3 is 1. The molecule has 2 atom stereocenters. The second kappa shape index (κ2) is 6.15. The van der Waals surface area contributed by atoms with Crippen LogP contribution in [0.3, 0.4) is 0 Å². The third kappa shape index (κ3) is 3.53. The summed E-state index contributed by atoms with van der Waals surface area (Å²) in [4.78, 5) is 2.31. The van der Waals surface area contributed by atoms with Crippen molar-refractivity contribution in [2.24, 2.45) is 5.92 Å². The highest BCUT2D eigenvalue weighted by molar-refractivity contribution is 5.14. The minimum Gasteiger partial charge on any atom is -0.391 e. The molecule has 1 aromatic rings. The average Bonchev–Trinajstić information content (AvgIpc) is 2.34. The fraction of sp³-hybridized carbons (Fsp3) is 0.571. The van der Waals surface area contributed by atoms with Gasteiger partial charge in [0.05, 0.1) is 12.7 Å². The van der Waals surface area contributed by atoms with Crippen molar-refractivity contribution in [3.63, 3.8) is 0 Å². The molecule has 2 unspecified atom stereocenters. The van der Waals surface area contributed by atoms with Gasteiger partial charge in [-0.1, -0.05) is 30.3 Å². The standard InChI is InChI=1S/C14H21NO2/c1-17-11-13-7-8-15(10-14(13)16)9-12-5-3-2-4-6-12/h2-6,13-14,16H,7-11H2,1H3. The van der Waals surface area contributed by atoms with Crippen LogP contribution in [0, 0.1) is 5.92 Å². The molecule has 1 aliphatic rings. The van der Waals surface area contributed by atoms with Crippen LogP contribution in [-0.2, 0) is 11.3 Å². The fourth-order valence-electron chi connectivity index (χ4n) is 2.44. The van der Waals surface area contributed by atoms with Crippen molar-refractivity contribution in [1.82, 2.24) is 4.90 Å². The Bertz CT molecular complexity index is 328. The van der Waals surface area contributed by atoms with Gasteiger partial charge in [0.25, 0.3) is 0 Å². The van der Waals surface area contributed by atoms with Crippen molar-refractivity contribution >= 4 is 0 Å². The second-order valence-electron chi connectivity index (χ2n) is 4.79. The number of benzene rings is 1. The molecule has 1 aliphatic heterocycles.